The molecule has 0 unspecified atom stereocenters. The lowest BCUT2D eigenvalue weighted by molar-refractivity contribution is 0.258. The van der Waals surface area contributed by atoms with Gasteiger partial charge in [0.15, 0.2) is 5.17 Å². The summed E-state index contributed by atoms with van der Waals surface area (Å²) in [4.78, 5) is 6.69. The molecule has 120 valence electrons. The van der Waals surface area contributed by atoms with Crippen molar-refractivity contribution < 1.29 is 4.39 Å². The maximum Gasteiger partial charge on any atom is 0.159 e. The minimum Gasteiger partial charge on any atom is -0.352 e. The second kappa shape index (κ2) is 7.95. The highest BCUT2D eigenvalue weighted by Gasteiger charge is 2.13. The number of hydrogen-bond donors (Lipinski definition) is 1. The molecule has 0 fully saturated rings. The quantitative estimate of drug-likeness (QED) is 0.843. The maximum atomic E-state index is 13.2. The van der Waals surface area contributed by atoms with Crippen molar-refractivity contribution in [1.82, 2.24) is 10.2 Å². The van der Waals surface area contributed by atoms with Crippen LogP contribution in [0.25, 0.3) is 0 Å². The van der Waals surface area contributed by atoms with Crippen molar-refractivity contribution in [2.24, 2.45) is 4.99 Å². The zero-order chi connectivity index (χ0) is 16.1. The van der Waals surface area contributed by atoms with Crippen molar-refractivity contribution in [2.75, 3.05) is 13.3 Å². The highest BCUT2D eigenvalue weighted by Crippen LogP contribution is 2.18. The van der Waals surface area contributed by atoms with E-state index in [1.165, 1.54) is 11.6 Å². The zero-order valence-corrected chi connectivity index (χ0v) is 14.9. The van der Waals surface area contributed by atoms with Crippen LogP contribution < -0.4 is 5.32 Å². The Morgan fingerprint density at radius 2 is 2.00 bits per heavy atom. The van der Waals surface area contributed by atoms with E-state index in [2.05, 4.69) is 43.3 Å². The van der Waals surface area contributed by atoms with Gasteiger partial charge in [0, 0.05) is 16.8 Å². The molecule has 3 rings (SSSR count). The summed E-state index contributed by atoms with van der Waals surface area (Å²) >= 11 is 5.14. The minimum atomic E-state index is -0.193. The third-order valence-electron chi connectivity index (χ3n) is 3.45. The van der Waals surface area contributed by atoms with Gasteiger partial charge in [-0.1, -0.05) is 52.0 Å². The lowest BCUT2D eigenvalue weighted by Gasteiger charge is -2.26. The van der Waals surface area contributed by atoms with Gasteiger partial charge in [0.1, 0.15) is 5.82 Å². The molecule has 0 atom stereocenters. The fourth-order valence-electron chi connectivity index (χ4n) is 2.28. The summed E-state index contributed by atoms with van der Waals surface area (Å²) in [5, 5.41) is 4.28. The second-order valence-corrected chi connectivity index (χ2v) is 7.19. The summed E-state index contributed by atoms with van der Waals surface area (Å²) in [6.45, 7) is 2.05. The highest BCUT2D eigenvalue weighted by molar-refractivity contribution is 9.10. The molecule has 0 bridgehead atoms. The van der Waals surface area contributed by atoms with Crippen LogP contribution in [0, 0.1) is 5.82 Å². The number of nitrogens with one attached hydrogen (secondary N) is 1. The first-order chi connectivity index (χ1) is 11.2. The smallest absolute Gasteiger partial charge is 0.159 e. The first-order valence-electron chi connectivity index (χ1n) is 7.31. The summed E-state index contributed by atoms with van der Waals surface area (Å²) in [5.41, 5.74) is 2.23. The summed E-state index contributed by atoms with van der Waals surface area (Å²) in [6.07, 6.45) is 0. The monoisotopic (exact) mass is 393 g/mol. The Morgan fingerprint density at radius 1 is 1.17 bits per heavy atom. The fourth-order valence-corrected chi connectivity index (χ4v) is 3.35. The number of amidine groups is 1. The summed E-state index contributed by atoms with van der Waals surface area (Å²) in [5.74, 6) is 0.699. The maximum absolute atomic E-state index is 13.2. The van der Waals surface area contributed by atoms with Crippen LogP contribution in [0.3, 0.4) is 0 Å². The molecule has 2 aromatic rings. The van der Waals surface area contributed by atoms with Crippen molar-refractivity contribution >= 4 is 32.9 Å². The average Bonchev–Trinajstić information content (AvgIpc) is 2.56. The molecule has 0 amide bonds. The Balaban J connectivity index is 1.49. The third-order valence-corrected chi connectivity index (χ3v) is 5.01. The fraction of sp³-hybridized carbons (Fsp3) is 0.235. The first-order valence-corrected chi connectivity index (χ1v) is 9.09. The average molecular weight is 394 g/mol. The van der Waals surface area contributed by atoms with Gasteiger partial charge in [0.05, 0.1) is 13.3 Å². The minimum absolute atomic E-state index is 0.193. The van der Waals surface area contributed by atoms with Gasteiger partial charge in [0.2, 0.25) is 0 Å². The summed E-state index contributed by atoms with van der Waals surface area (Å²) < 4.78 is 14.3. The van der Waals surface area contributed by atoms with E-state index in [4.69, 9.17) is 0 Å². The molecule has 0 spiro atoms. The molecular weight excluding hydrogens is 377 g/mol. The highest BCUT2D eigenvalue weighted by atomic mass is 79.9. The molecule has 1 aliphatic heterocycles. The van der Waals surface area contributed by atoms with Gasteiger partial charge in [-0.25, -0.2) is 9.38 Å². The Kier molecular flexibility index (Phi) is 5.70. The molecule has 1 N–H and O–H groups in total. The van der Waals surface area contributed by atoms with E-state index in [0.717, 1.165) is 27.6 Å². The van der Waals surface area contributed by atoms with Crippen LogP contribution in [0.2, 0.25) is 0 Å². The Hall–Kier alpha value is -1.37. The number of halogens is 2. The van der Waals surface area contributed by atoms with Crippen LogP contribution in [0.5, 0.6) is 0 Å². The molecule has 3 nitrogen and oxygen atoms in total. The van der Waals surface area contributed by atoms with Crippen LogP contribution in [0.4, 0.5) is 4.39 Å². The van der Waals surface area contributed by atoms with Gasteiger partial charge in [-0.2, -0.15) is 0 Å². The number of hydrogen-bond acceptors (Lipinski definition) is 4. The number of benzene rings is 2. The van der Waals surface area contributed by atoms with Crippen LogP contribution in [-0.4, -0.2) is 23.4 Å². The van der Waals surface area contributed by atoms with Crippen molar-refractivity contribution in [3.05, 3.63) is 69.9 Å². The molecule has 23 heavy (non-hydrogen) atoms. The Labute approximate surface area is 148 Å². The van der Waals surface area contributed by atoms with Gasteiger partial charge in [-0.3, -0.25) is 4.90 Å². The molecule has 1 aliphatic rings. The molecule has 1 heterocycles. The topological polar surface area (TPSA) is 27.6 Å². The van der Waals surface area contributed by atoms with Gasteiger partial charge < -0.3 is 5.32 Å². The number of rotatable bonds is 4. The molecular formula is C17H17BrFN3S. The Bertz CT molecular complexity index is 690. The largest absolute Gasteiger partial charge is 0.352 e. The number of thioether (sulfide) groups is 1. The summed E-state index contributed by atoms with van der Waals surface area (Å²) in [6, 6.07) is 15.0. The zero-order valence-electron chi connectivity index (χ0n) is 12.5. The van der Waals surface area contributed by atoms with Gasteiger partial charge in [-0.05, 0) is 35.4 Å². The van der Waals surface area contributed by atoms with Gasteiger partial charge in [-0.15, -0.1) is 0 Å². The molecule has 0 radical (unpaired) electrons. The lowest BCUT2D eigenvalue weighted by Crippen LogP contribution is -2.41. The number of aliphatic imine (C=N–C) groups is 1. The standard InChI is InChI=1S/C17H17BrFN3S/c18-15-6-4-13(5-7-15)10-23-17-20-11-22(12-21-17)9-14-2-1-3-16(19)8-14/h1-8H,9-12H2,(H,20,21). The van der Waals surface area contributed by atoms with E-state index in [0.29, 0.717) is 13.2 Å². The molecule has 2 aromatic carbocycles. The molecule has 0 aliphatic carbocycles. The van der Waals surface area contributed by atoms with Crippen molar-refractivity contribution in [2.45, 2.75) is 12.3 Å². The molecule has 6 heteroatoms. The second-order valence-electron chi connectivity index (χ2n) is 5.31. The van der Waals surface area contributed by atoms with Crippen molar-refractivity contribution in [3.63, 3.8) is 0 Å². The molecule has 0 aromatic heterocycles. The number of nitrogens with zero attached hydrogens (tertiary/aromatic N) is 2. The third kappa shape index (κ3) is 5.06. The normalized spacial score (nSPS) is 15.1. The van der Waals surface area contributed by atoms with Crippen molar-refractivity contribution in [1.29, 1.82) is 0 Å². The SMILES string of the molecule is Fc1cccc(CN2CN=C(SCc3ccc(Br)cc3)NC2)c1. The summed E-state index contributed by atoms with van der Waals surface area (Å²) in [7, 11) is 0. The molecule has 0 saturated carbocycles. The van der Waals surface area contributed by atoms with Crippen LogP contribution in [0.1, 0.15) is 11.1 Å². The predicted octanol–water partition coefficient (Wildman–Crippen LogP) is 4.20. The van der Waals surface area contributed by atoms with E-state index < -0.39 is 0 Å². The lowest BCUT2D eigenvalue weighted by atomic mass is 10.2. The van der Waals surface area contributed by atoms with Crippen LogP contribution in [-0.2, 0) is 12.3 Å². The van der Waals surface area contributed by atoms with E-state index in [1.54, 1.807) is 23.9 Å². The predicted molar refractivity (Wildman–Crippen MR) is 97.7 cm³/mol. The van der Waals surface area contributed by atoms with Crippen LogP contribution in [0.15, 0.2) is 58.0 Å². The first kappa shape index (κ1) is 16.5. The van der Waals surface area contributed by atoms with E-state index in [1.807, 2.05) is 18.2 Å². The van der Waals surface area contributed by atoms with Gasteiger partial charge in [0.25, 0.3) is 0 Å². The van der Waals surface area contributed by atoms with Crippen molar-refractivity contribution in [3.8, 4) is 0 Å². The Morgan fingerprint density at radius 3 is 2.70 bits per heavy atom. The van der Waals surface area contributed by atoms with E-state index >= 15 is 0 Å². The molecule has 0 saturated heterocycles. The van der Waals surface area contributed by atoms with Gasteiger partial charge >= 0.3 is 0 Å². The van der Waals surface area contributed by atoms with E-state index in [9.17, 15) is 4.39 Å². The van der Waals surface area contributed by atoms with E-state index in [-0.39, 0.29) is 5.82 Å². The van der Waals surface area contributed by atoms with Crippen LogP contribution >= 0.6 is 27.7 Å².